The number of hydrogen-bond donors (Lipinski definition) is 4. The Kier molecular flexibility index (Phi) is 7.05. The number of allylic oxidation sites excluding steroid dienone is 3. The molecule has 2 aromatic rings. The van der Waals surface area contributed by atoms with E-state index < -0.39 is 5.97 Å². The predicted octanol–water partition coefficient (Wildman–Crippen LogP) is 3.64. The van der Waals surface area contributed by atoms with Crippen LogP contribution < -0.4 is 0 Å². The molecule has 0 saturated carbocycles. The van der Waals surface area contributed by atoms with Crippen molar-refractivity contribution in [3.8, 4) is 11.5 Å². The summed E-state index contributed by atoms with van der Waals surface area (Å²) in [5, 5.41) is 39.2. The number of aliphatic hydroxyl groups is 1. The van der Waals surface area contributed by atoms with E-state index in [-0.39, 0.29) is 49.1 Å². The molecular formula is C24H27NO7. The lowest BCUT2D eigenvalue weighted by molar-refractivity contribution is -0.132. The summed E-state index contributed by atoms with van der Waals surface area (Å²) in [5.41, 5.74) is 2.35. The summed E-state index contributed by atoms with van der Waals surface area (Å²) < 4.78 is 5.44. The van der Waals surface area contributed by atoms with Gasteiger partial charge in [-0.25, -0.2) is 4.79 Å². The van der Waals surface area contributed by atoms with Gasteiger partial charge in [-0.2, -0.15) is 0 Å². The Balaban J connectivity index is 1.71. The number of benzene rings is 1. The highest BCUT2D eigenvalue weighted by Crippen LogP contribution is 2.39. The topological polar surface area (TPSA) is 131 Å². The molecule has 1 aliphatic rings. The molecule has 0 spiro atoms. The van der Waals surface area contributed by atoms with Gasteiger partial charge >= 0.3 is 5.97 Å². The van der Waals surface area contributed by atoms with E-state index in [0.717, 1.165) is 5.57 Å². The maximum atomic E-state index is 12.7. The summed E-state index contributed by atoms with van der Waals surface area (Å²) in [6.07, 6.45) is 5.05. The van der Waals surface area contributed by atoms with Gasteiger partial charge in [0, 0.05) is 16.7 Å². The van der Waals surface area contributed by atoms with Crippen molar-refractivity contribution >= 4 is 11.9 Å². The lowest BCUT2D eigenvalue weighted by Crippen LogP contribution is -2.22. The molecule has 8 heteroatoms. The van der Waals surface area contributed by atoms with E-state index in [0.29, 0.717) is 41.1 Å². The van der Waals surface area contributed by atoms with Gasteiger partial charge in [0.2, 0.25) is 0 Å². The van der Waals surface area contributed by atoms with Crippen molar-refractivity contribution in [3.05, 3.63) is 69.7 Å². The van der Waals surface area contributed by atoms with Gasteiger partial charge in [0.25, 0.3) is 5.91 Å². The molecule has 0 bridgehead atoms. The first-order valence-corrected chi connectivity index (χ1v) is 10.3. The average Bonchev–Trinajstić information content (AvgIpc) is 3.33. The molecule has 0 atom stereocenters. The summed E-state index contributed by atoms with van der Waals surface area (Å²) in [5.74, 6) is -0.581. The SMILES string of the molecule is CC(=CCc1c(O)cc2c(c1O)CN(Cc1ccc(CO)o1)C2=O)CCC=C(C)C(=O)O. The van der Waals surface area contributed by atoms with Crippen LogP contribution in [0.15, 0.2) is 45.9 Å². The molecule has 0 unspecified atom stereocenters. The number of carbonyl (C=O) groups is 2. The Morgan fingerprint density at radius 3 is 2.56 bits per heavy atom. The number of aliphatic hydroxyl groups excluding tert-OH is 1. The highest BCUT2D eigenvalue weighted by molar-refractivity contribution is 5.99. The fraction of sp³-hybridized carbons (Fsp3) is 0.333. The van der Waals surface area contributed by atoms with Crippen molar-refractivity contribution in [2.45, 2.75) is 52.8 Å². The summed E-state index contributed by atoms with van der Waals surface area (Å²) >= 11 is 0. The van der Waals surface area contributed by atoms with Crippen LogP contribution >= 0.6 is 0 Å². The first kappa shape index (κ1) is 23.1. The minimum absolute atomic E-state index is 0.1000. The molecular weight excluding hydrogens is 414 g/mol. The van der Waals surface area contributed by atoms with Crippen LogP contribution in [0.2, 0.25) is 0 Å². The van der Waals surface area contributed by atoms with E-state index in [2.05, 4.69) is 0 Å². The molecule has 32 heavy (non-hydrogen) atoms. The zero-order chi connectivity index (χ0) is 23.4. The Morgan fingerprint density at radius 1 is 1.19 bits per heavy atom. The number of aromatic hydroxyl groups is 2. The van der Waals surface area contributed by atoms with Gasteiger partial charge in [0.15, 0.2) is 0 Å². The highest BCUT2D eigenvalue weighted by atomic mass is 16.4. The average molecular weight is 441 g/mol. The Bertz CT molecular complexity index is 1090. The summed E-state index contributed by atoms with van der Waals surface area (Å²) in [7, 11) is 0. The second kappa shape index (κ2) is 9.74. The van der Waals surface area contributed by atoms with Gasteiger partial charge in [0.1, 0.15) is 29.6 Å². The monoisotopic (exact) mass is 441 g/mol. The standard InChI is InChI=1S/C24H27NO7/c1-14(4-3-5-15(2)24(30)31)6-9-18-21(27)10-19-20(22(18)28)12-25(23(19)29)11-16-7-8-17(13-26)32-16/h5-8,10,26-28H,3-4,9,11-13H2,1-2H3,(H,30,31). The van der Waals surface area contributed by atoms with Crippen LogP contribution in [0.4, 0.5) is 0 Å². The zero-order valence-electron chi connectivity index (χ0n) is 18.1. The zero-order valence-corrected chi connectivity index (χ0v) is 18.1. The van der Waals surface area contributed by atoms with Crippen LogP contribution in [-0.2, 0) is 30.9 Å². The van der Waals surface area contributed by atoms with Gasteiger partial charge in [-0.3, -0.25) is 4.79 Å². The highest BCUT2D eigenvalue weighted by Gasteiger charge is 2.32. The number of rotatable bonds is 9. The van der Waals surface area contributed by atoms with Gasteiger partial charge in [-0.15, -0.1) is 0 Å². The number of carboxylic acid groups (broad SMARTS) is 1. The van der Waals surface area contributed by atoms with Gasteiger partial charge in [-0.1, -0.05) is 17.7 Å². The van der Waals surface area contributed by atoms with Gasteiger partial charge in [-0.05, 0) is 51.3 Å². The second-order valence-electron chi connectivity index (χ2n) is 7.92. The molecule has 4 N–H and O–H groups in total. The van der Waals surface area contributed by atoms with E-state index >= 15 is 0 Å². The molecule has 170 valence electrons. The smallest absolute Gasteiger partial charge is 0.330 e. The number of phenols is 2. The maximum Gasteiger partial charge on any atom is 0.330 e. The van der Waals surface area contributed by atoms with Crippen LogP contribution in [-0.4, -0.2) is 37.2 Å². The molecule has 0 radical (unpaired) electrons. The third-order valence-electron chi connectivity index (χ3n) is 5.55. The number of carbonyl (C=O) groups excluding carboxylic acids is 1. The van der Waals surface area contributed by atoms with Crippen molar-refractivity contribution in [1.82, 2.24) is 4.90 Å². The molecule has 1 aromatic heterocycles. The van der Waals surface area contributed by atoms with Crippen LogP contribution in [0.1, 0.15) is 59.7 Å². The number of phenolic OH excluding ortho intramolecular Hbond substituents is 2. The summed E-state index contributed by atoms with van der Waals surface area (Å²) in [6.45, 7) is 3.59. The van der Waals surface area contributed by atoms with Crippen LogP contribution in [0.3, 0.4) is 0 Å². The van der Waals surface area contributed by atoms with E-state index in [1.807, 2.05) is 13.0 Å². The van der Waals surface area contributed by atoms with Crippen molar-refractivity contribution in [2.24, 2.45) is 0 Å². The largest absolute Gasteiger partial charge is 0.507 e. The fourth-order valence-electron chi connectivity index (χ4n) is 3.62. The first-order valence-electron chi connectivity index (χ1n) is 10.3. The molecule has 0 saturated heterocycles. The second-order valence-corrected chi connectivity index (χ2v) is 7.92. The van der Waals surface area contributed by atoms with E-state index in [9.17, 15) is 19.8 Å². The van der Waals surface area contributed by atoms with Crippen molar-refractivity contribution in [1.29, 1.82) is 0 Å². The van der Waals surface area contributed by atoms with Crippen molar-refractivity contribution in [2.75, 3.05) is 0 Å². The summed E-state index contributed by atoms with van der Waals surface area (Å²) in [4.78, 5) is 25.1. The number of carboxylic acids is 1. The maximum absolute atomic E-state index is 12.7. The lowest BCUT2D eigenvalue weighted by Gasteiger charge is -2.13. The van der Waals surface area contributed by atoms with E-state index in [1.165, 1.54) is 11.0 Å². The fourth-order valence-corrected chi connectivity index (χ4v) is 3.62. The van der Waals surface area contributed by atoms with Crippen molar-refractivity contribution < 1.29 is 34.4 Å². The third-order valence-corrected chi connectivity index (χ3v) is 5.55. The number of hydrogen-bond acceptors (Lipinski definition) is 6. The van der Waals surface area contributed by atoms with E-state index in [1.54, 1.807) is 25.1 Å². The van der Waals surface area contributed by atoms with Crippen LogP contribution in [0.25, 0.3) is 0 Å². The molecule has 2 heterocycles. The third kappa shape index (κ3) is 5.03. The Hall–Kier alpha value is -3.52. The molecule has 0 aliphatic carbocycles. The Morgan fingerprint density at radius 2 is 1.91 bits per heavy atom. The number of amides is 1. The Labute approximate surface area is 185 Å². The quantitative estimate of drug-likeness (QED) is 0.345. The molecule has 1 amide bonds. The number of nitrogens with zero attached hydrogens (tertiary/aromatic N) is 1. The molecule has 8 nitrogen and oxygen atoms in total. The molecule has 1 aliphatic heterocycles. The molecule has 3 rings (SSSR count). The van der Waals surface area contributed by atoms with Gasteiger partial charge < -0.3 is 29.7 Å². The number of fused-ring (bicyclic) bond motifs is 1. The predicted molar refractivity (Wildman–Crippen MR) is 116 cm³/mol. The summed E-state index contributed by atoms with van der Waals surface area (Å²) in [6, 6.07) is 4.71. The minimum atomic E-state index is -0.941. The minimum Gasteiger partial charge on any atom is -0.507 e. The van der Waals surface area contributed by atoms with Gasteiger partial charge in [0.05, 0.1) is 18.7 Å². The lowest BCUT2D eigenvalue weighted by atomic mass is 9.99. The normalized spacial score (nSPS) is 14.2. The number of aliphatic carboxylic acids is 1. The van der Waals surface area contributed by atoms with E-state index in [4.69, 9.17) is 14.6 Å². The van der Waals surface area contributed by atoms with Crippen LogP contribution in [0, 0.1) is 0 Å². The molecule has 0 fully saturated rings. The molecule has 1 aromatic carbocycles. The first-order chi connectivity index (χ1) is 15.2. The number of furan rings is 1. The van der Waals surface area contributed by atoms with Crippen LogP contribution in [0.5, 0.6) is 11.5 Å². The van der Waals surface area contributed by atoms with Crippen molar-refractivity contribution in [3.63, 3.8) is 0 Å².